The first kappa shape index (κ1) is 14.9. The van der Waals surface area contributed by atoms with E-state index in [1.165, 1.54) is 12.8 Å². The van der Waals surface area contributed by atoms with Crippen LogP contribution in [0.25, 0.3) is 0 Å². The molecule has 1 amide bonds. The highest BCUT2D eigenvalue weighted by molar-refractivity contribution is 5.94. The molecule has 0 aliphatic heterocycles. The molecule has 1 atom stereocenters. The monoisotopic (exact) mass is 275 g/mol. The van der Waals surface area contributed by atoms with Crippen molar-refractivity contribution in [1.29, 1.82) is 0 Å². The molecule has 4 heteroatoms. The summed E-state index contributed by atoms with van der Waals surface area (Å²) in [5, 5.41) is 2.95. The van der Waals surface area contributed by atoms with Gasteiger partial charge in [-0.05, 0) is 57.7 Å². The number of nitrogen functional groups attached to an aromatic ring is 1. The lowest BCUT2D eigenvalue weighted by molar-refractivity contribution is -0.121. The number of nitrogens with two attached hydrogens (primary N) is 1. The average molecular weight is 275 g/mol. The quantitative estimate of drug-likeness (QED) is 0.785. The number of benzene rings is 1. The number of carbonyl (C=O) groups is 1. The van der Waals surface area contributed by atoms with Crippen LogP contribution in [0.5, 0.6) is 0 Å². The molecule has 0 heterocycles. The molecular weight excluding hydrogens is 250 g/mol. The molecule has 0 bridgehead atoms. The van der Waals surface area contributed by atoms with Gasteiger partial charge in [-0.3, -0.25) is 9.69 Å². The van der Waals surface area contributed by atoms with E-state index in [1.807, 2.05) is 25.1 Å². The molecule has 1 aliphatic rings. The van der Waals surface area contributed by atoms with Gasteiger partial charge < -0.3 is 11.1 Å². The van der Waals surface area contributed by atoms with Gasteiger partial charge in [0, 0.05) is 24.0 Å². The summed E-state index contributed by atoms with van der Waals surface area (Å²) in [5.74, 6) is 0.810. The normalized spacial score (nSPS) is 16.4. The summed E-state index contributed by atoms with van der Waals surface area (Å²) < 4.78 is 0. The lowest BCUT2D eigenvalue weighted by Gasteiger charge is -2.31. The van der Waals surface area contributed by atoms with Crippen LogP contribution < -0.4 is 11.1 Å². The molecule has 110 valence electrons. The van der Waals surface area contributed by atoms with Crippen LogP contribution in [0.1, 0.15) is 33.6 Å². The molecule has 3 N–H and O–H groups in total. The molecular formula is C16H25N3O. The molecule has 1 unspecified atom stereocenters. The second-order valence-corrected chi connectivity index (χ2v) is 6.02. The summed E-state index contributed by atoms with van der Waals surface area (Å²) in [7, 11) is 0. The Bertz CT molecular complexity index is 469. The van der Waals surface area contributed by atoms with Crippen molar-refractivity contribution in [3.8, 4) is 0 Å². The van der Waals surface area contributed by atoms with E-state index in [0.717, 1.165) is 18.2 Å². The van der Waals surface area contributed by atoms with Crippen LogP contribution in [-0.2, 0) is 4.79 Å². The Morgan fingerprint density at radius 3 is 2.65 bits per heavy atom. The Balaban J connectivity index is 1.98. The van der Waals surface area contributed by atoms with Gasteiger partial charge in [-0.2, -0.15) is 0 Å². The number of hydrogen-bond donors (Lipinski definition) is 2. The van der Waals surface area contributed by atoms with E-state index in [-0.39, 0.29) is 11.9 Å². The van der Waals surface area contributed by atoms with Crippen molar-refractivity contribution in [2.45, 2.75) is 45.7 Å². The van der Waals surface area contributed by atoms with Crippen molar-refractivity contribution in [2.75, 3.05) is 17.6 Å². The van der Waals surface area contributed by atoms with E-state index in [0.29, 0.717) is 11.7 Å². The van der Waals surface area contributed by atoms with Crippen LogP contribution in [0, 0.1) is 5.92 Å². The van der Waals surface area contributed by atoms with Crippen molar-refractivity contribution in [2.24, 2.45) is 5.92 Å². The second-order valence-electron chi connectivity index (χ2n) is 6.02. The molecule has 1 aliphatic carbocycles. The number of carbonyl (C=O) groups excluding carboxylic acids is 1. The van der Waals surface area contributed by atoms with E-state index >= 15 is 0 Å². The van der Waals surface area contributed by atoms with Crippen LogP contribution in [0.3, 0.4) is 0 Å². The zero-order valence-electron chi connectivity index (χ0n) is 12.6. The van der Waals surface area contributed by atoms with Gasteiger partial charge in [-0.1, -0.05) is 6.07 Å². The Hall–Kier alpha value is -1.55. The lowest BCUT2D eigenvalue weighted by Crippen LogP contribution is -2.46. The van der Waals surface area contributed by atoms with Gasteiger partial charge in [0.1, 0.15) is 0 Å². The molecule has 1 aromatic rings. The summed E-state index contributed by atoms with van der Waals surface area (Å²) >= 11 is 0. The highest BCUT2D eigenvalue weighted by Gasteiger charge is 2.30. The van der Waals surface area contributed by atoms with E-state index in [1.54, 1.807) is 6.07 Å². The summed E-state index contributed by atoms with van der Waals surface area (Å²) in [4.78, 5) is 14.7. The maximum Gasteiger partial charge on any atom is 0.241 e. The fourth-order valence-corrected chi connectivity index (χ4v) is 2.43. The van der Waals surface area contributed by atoms with Crippen molar-refractivity contribution in [3.05, 3.63) is 24.3 Å². The van der Waals surface area contributed by atoms with Crippen molar-refractivity contribution in [3.63, 3.8) is 0 Å². The van der Waals surface area contributed by atoms with E-state index in [4.69, 9.17) is 5.73 Å². The number of hydrogen-bond acceptors (Lipinski definition) is 3. The van der Waals surface area contributed by atoms with E-state index in [2.05, 4.69) is 24.1 Å². The van der Waals surface area contributed by atoms with Gasteiger partial charge in [0.2, 0.25) is 5.91 Å². The standard InChI is InChI=1S/C16H25N3O/c1-11(2)19(10-13-7-8-13)12(3)16(20)18-15-6-4-5-14(17)9-15/h4-6,9,11-13H,7-8,10,17H2,1-3H3,(H,18,20). The summed E-state index contributed by atoms with van der Waals surface area (Å²) in [6.45, 7) is 7.28. The molecule has 0 spiro atoms. The zero-order valence-corrected chi connectivity index (χ0v) is 12.6. The van der Waals surface area contributed by atoms with Crippen molar-refractivity contribution >= 4 is 17.3 Å². The van der Waals surface area contributed by atoms with Crippen LogP contribution in [-0.4, -0.2) is 29.4 Å². The first-order valence-corrected chi connectivity index (χ1v) is 7.39. The Labute approximate surface area is 121 Å². The highest BCUT2D eigenvalue weighted by atomic mass is 16.2. The first-order chi connectivity index (χ1) is 9.47. The predicted octanol–water partition coefficient (Wildman–Crippen LogP) is 2.72. The van der Waals surface area contributed by atoms with E-state index in [9.17, 15) is 4.79 Å². The minimum atomic E-state index is -0.128. The van der Waals surface area contributed by atoms with Gasteiger partial charge >= 0.3 is 0 Å². The molecule has 20 heavy (non-hydrogen) atoms. The molecule has 0 aromatic heterocycles. The largest absolute Gasteiger partial charge is 0.399 e. The maximum absolute atomic E-state index is 12.4. The molecule has 2 rings (SSSR count). The highest BCUT2D eigenvalue weighted by Crippen LogP contribution is 2.31. The Morgan fingerprint density at radius 1 is 1.40 bits per heavy atom. The lowest BCUT2D eigenvalue weighted by atomic mass is 10.1. The van der Waals surface area contributed by atoms with Crippen LogP contribution in [0.15, 0.2) is 24.3 Å². The minimum absolute atomic E-state index is 0.0324. The molecule has 0 saturated heterocycles. The van der Waals surface area contributed by atoms with Crippen molar-refractivity contribution < 1.29 is 4.79 Å². The SMILES string of the molecule is CC(C)N(CC1CC1)C(C)C(=O)Nc1cccc(N)c1. The number of nitrogens with one attached hydrogen (secondary N) is 1. The smallest absolute Gasteiger partial charge is 0.241 e. The van der Waals surface area contributed by atoms with Gasteiger partial charge in [0.05, 0.1) is 6.04 Å². The van der Waals surface area contributed by atoms with Gasteiger partial charge in [0.25, 0.3) is 0 Å². The van der Waals surface area contributed by atoms with Gasteiger partial charge in [-0.15, -0.1) is 0 Å². The summed E-state index contributed by atoms with van der Waals surface area (Å²) in [6.07, 6.45) is 2.60. The predicted molar refractivity (Wildman–Crippen MR) is 83.5 cm³/mol. The molecule has 4 nitrogen and oxygen atoms in total. The van der Waals surface area contributed by atoms with Crippen LogP contribution in [0.2, 0.25) is 0 Å². The number of amides is 1. The molecule has 0 radical (unpaired) electrons. The number of rotatable bonds is 6. The zero-order chi connectivity index (χ0) is 14.7. The fourth-order valence-electron chi connectivity index (χ4n) is 2.43. The summed E-state index contributed by atoms with van der Waals surface area (Å²) in [6, 6.07) is 7.55. The average Bonchev–Trinajstić information content (AvgIpc) is 3.18. The number of anilines is 2. The van der Waals surface area contributed by atoms with Gasteiger partial charge in [0.15, 0.2) is 0 Å². The minimum Gasteiger partial charge on any atom is -0.399 e. The topological polar surface area (TPSA) is 58.4 Å². The Kier molecular flexibility index (Phi) is 4.65. The second kappa shape index (κ2) is 6.27. The van der Waals surface area contributed by atoms with E-state index < -0.39 is 0 Å². The van der Waals surface area contributed by atoms with Gasteiger partial charge in [-0.25, -0.2) is 0 Å². The third-order valence-electron chi connectivity index (χ3n) is 3.86. The van der Waals surface area contributed by atoms with Crippen LogP contribution >= 0.6 is 0 Å². The molecule has 1 saturated carbocycles. The fraction of sp³-hybridized carbons (Fsp3) is 0.562. The van der Waals surface area contributed by atoms with Crippen LogP contribution in [0.4, 0.5) is 11.4 Å². The third-order valence-corrected chi connectivity index (χ3v) is 3.86. The molecule has 1 fully saturated rings. The third kappa shape index (κ3) is 3.97. The molecule has 1 aromatic carbocycles. The first-order valence-electron chi connectivity index (χ1n) is 7.39. The summed E-state index contributed by atoms with van der Waals surface area (Å²) in [5.41, 5.74) is 7.15. The van der Waals surface area contributed by atoms with Crippen molar-refractivity contribution in [1.82, 2.24) is 4.90 Å². The Morgan fingerprint density at radius 2 is 2.10 bits per heavy atom. The maximum atomic E-state index is 12.4. The number of nitrogens with zero attached hydrogens (tertiary/aromatic N) is 1.